The molecule has 0 bridgehead atoms. The Morgan fingerprint density at radius 3 is 2.94 bits per heavy atom. The highest BCUT2D eigenvalue weighted by molar-refractivity contribution is 7.09. The van der Waals surface area contributed by atoms with E-state index >= 15 is 0 Å². The van der Waals surface area contributed by atoms with Crippen molar-refractivity contribution >= 4 is 22.9 Å². The van der Waals surface area contributed by atoms with Crippen molar-refractivity contribution in [3.05, 3.63) is 16.1 Å². The predicted molar refractivity (Wildman–Crippen MR) is 70.1 cm³/mol. The molecule has 0 amide bonds. The summed E-state index contributed by atoms with van der Waals surface area (Å²) in [5, 5.41) is 3.28. The minimum Gasteiger partial charge on any atom is -0.306 e. The number of rotatable bonds is 6. The van der Waals surface area contributed by atoms with E-state index < -0.39 is 0 Å². The second kappa shape index (κ2) is 5.48. The fraction of sp³-hybridized carbons (Fsp3) is 0.750. The molecular formula is C12H19ClN2S. The van der Waals surface area contributed by atoms with E-state index in [-0.39, 0.29) is 0 Å². The highest BCUT2D eigenvalue weighted by Gasteiger charge is 2.32. The lowest BCUT2D eigenvalue weighted by molar-refractivity contribution is 0.318. The maximum absolute atomic E-state index is 5.73. The Balaban J connectivity index is 1.69. The van der Waals surface area contributed by atoms with Gasteiger partial charge in [0.2, 0.25) is 0 Å². The molecule has 16 heavy (non-hydrogen) atoms. The van der Waals surface area contributed by atoms with Crippen molar-refractivity contribution < 1.29 is 0 Å². The summed E-state index contributed by atoms with van der Waals surface area (Å²) < 4.78 is 0. The summed E-state index contributed by atoms with van der Waals surface area (Å²) in [6.07, 6.45) is 2.47. The number of thiazole rings is 1. The van der Waals surface area contributed by atoms with Crippen LogP contribution in [-0.2, 0) is 12.3 Å². The van der Waals surface area contributed by atoms with Crippen LogP contribution in [0.15, 0.2) is 5.38 Å². The summed E-state index contributed by atoms with van der Waals surface area (Å²) in [4.78, 5) is 6.90. The van der Waals surface area contributed by atoms with Gasteiger partial charge in [0.1, 0.15) is 0 Å². The van der Waals surface area contributed by atoms with Crippen LogP contribution < -0.4 is 0 Å². The highest BCUT2D eigenvalue weighted by Crippen LogP contribution is 2.37. The third-order valence-corrected chi connectivity index (χ3v) is 4.50. The van der Waals surface area contributed by atoms with Crippen LogP contribution in [0, 0.1) is 11.8 Å². The van der Waals surface area contributed by atoms with Crippen LogP contribution >= 0.6 is 22.9 Å². The normalized spacial score (nSPS) is 24.0. The molecule has 0 spiro atoms. The van der Waals surface area contributed by atoms with Crippen molar-refractivity contribution in [2.24, 2.45) is 11.8 Å². The lowest BCUT2D eigenvalue weighted by atomic mass is 10.3. The fourth-order valence-electron chi connectivity index (χ4n) is 1.96. The number of likely N-dealkylation sites (N-methyl/N-ethyl adjacent to an activating group) is 1. The molecular weight excluding hydrogens is 240 g/mol. The molecule has 1 aliphatic rings. The van der Waals surface area contributed by atoms with Crippen LogP contribution in [0.25, 0.3) is 0 Å². The summed E-state index contributed by atoms with van der Waals surface area (Å²) in [5.41, 5.74) is 1.01. The van der Waals surface area contributed by atoms with E-state index in [2.05, 4.69) is 29.2 Å². The van der Waals surface area contributed by atoms with Gasteiger partial charge in [0, 0.05) is 24.9 Å². The molecule has 1 aliphatic carbocycles. The molecule has 2 rings (SSSR count). The van der Waals surface area contributed by atoms with E-state index in [1.165, 1.54) is 18.0 Å². The van der Waals surface area contributed by atoms with Crippen molar-refractivity contribution in [3.8, 4) is 0 Å². The average molecular weight is 259 g/mol. The first-order chi connectivity index (χ1) is 7.69. The standard InChI is InChI=1S/C12H19ClN2S/c1-9-5-10(9)7-15(2)4-3-12-14-11(6-13)8-16-12/h8-10H,3-7H2,1-2H3. The number of nitrogens with zero attached hydrogens (tertiary/aromatic N) is 2. The predicted octanol–water partition coefficient (Wildman–Crippen LogP) is 3.01. The van der Waals surface area contributed by atoms with Gasteiger partial charge in [-0.05, 0) is 25.3 Å². The van der Waals surface area contributed by atoms with Crippen molar-refractivity contribution in [1.29, 1.82) is 0 Å². The Morgan fingerprint density at radius 1 is 1.62 bits per heavy atom. The molecule has 4 heteroatoms. The summed E-state index contributed by atoms with van der Waals surface area (Å²) >= 11 is 7.46. The highest BCUT2D eigenvalue weighted by atomic mass is 35.5. The van der Waals surface area contributed by atoms with Gasteiger partial charge in [-0.3, -0.25) is 0 Å². The van der Waals surface area contributed by atoms with E-state index in [4.69, 9.17) is 11.6 Å². The van der Waals surface area contributed by atoms with Crippen molar-refractivity contribution in [2.75, 3.05) is 20.1 Å². The van der Waals surface area contributed by atoms with Gasteiger partial charge in [0.25, 0.3) is 0 Å². The zero-order chi connectivity index (χ0) is 11.5. The summed E-state index contributed by atoms with van der Waals surface area (Å²) in [6, 6.07) is 0. The number of alkyl halides is 1. The number of halogens is 1. The Kier molecular flexibility index (Phi) is 4.22. The molecule has 1 aromatic rings. The Morgan fingerprint density at radius 2 is 2.38 bits per heavy atom. The van der Waals surface area contributed by atoms with Crippen LogP contribution in [0.4, 0.5) is 0 Å². The summed E-state index contributed by atoms with van der Waals surface area (Å²) in [6.45, 7) is 4.69. The lowest BCUT2D eigenvalue weighted by Crippen LogP contribution is -2.24. The number of aromatic nitrogens is 1. The van der Waals surface area contributed by atoms with E-state index in [9.17, 15) is 0 Å². The largest absolute Gasteiger partial charge is 0.306 e. The van der Waals surface area contributed by atoms with Crippen molar-refractivity contribution in [2.45, 2.75) is 25.6 Å². The molecule has 90 valence electrons. The molecule has 0 aliphatic heterocycles. The van der Waals surface area contributed by atoms with Crippen molar-refractivity contribution in [3.63, 3.8) is 0 Å². The minimum atomic E-state index is 0.534. The molecule has 2 nitrogen and oxygen atoms in total. The maximum atomic E-state index is 5.73. The second-order valence-electron chi connectivity index (χ2n) is 4.85. The molecule has 1 saturated carbocycles. The molecule has 0 radical (unpaired) electrons. The van der Waals surface area contributed by atoms with Crippen LogP contribution in [-0.4, -0.2) is 30.0 Å². The van der Waals surface area contributed by atoms with Gasteiger partial charge in [-0.25, -0.2) is 4.98 Å². The zero-order valence-electron chi connectivity index (χ0n) is 9.95. The Bertz CT molecular complexity index is 340. The quantitative estimate of drug-likeness (QED) is 0.730. The molecule has 1 aromatic heterocycles. The van der Waals surface area contributed by atoms with E-state index in [0.29, 0.717) is 5.88 Å². The molecule has 0 saturated heterocycles. The van der Waals surface area contributed by atoms with Gasteiger partial charge in [-0.1, -0.05) is 6.92 Å². The smallest absolute Gasteiger partial charge is 0.0941 e. The Hall–Kier alpha value is -0.120. The van der Waals surface area contributed by atoms with Crippen LogP contribution in [0.5, 0.6) is 0 Å². The molecule has 0 aromatic carbocycles. The van der Waals surface area contributed by atoms with Gasteiger partial charge >= 0.3 is 0 Å². The molecule has 1 fully saturated rings. The second-order valence-corrected chi connectivity index (χ2v) is 6.06. The van der Waals surface area contributed by atoms with E-state index in [1.54, 1.807) is 11.3 Å². The van der Waals surface area contributed by atoms with Gasteiger partial charge in [0.15, 0.2) is 0 Å². The molecule has 1 heterocycles. The summed E-state index contributed by atoms with van der Waals surface area (Å²) in [5.74, 6) is 2.43. The first-order valence-electron chi connectivity index (χ1n) is 5.87. The number of hydrogen-bond acceptors (Lipinski definition) is 3. The SMILES string of the molecule is CC1CC1CN(C)CCc1nc(CCl)cs1. The van der Waals surface area contributed by atoms with Gasteiger partial charge in [-0.2, -0.15) is 0 Å². The monoisotopic (exact) mass is 258 g/mol. The first kappa shape index (κ1) is 12.3. The molecule has 2 unspecified atom stereocenters. The van der Waals surface area contributed by atoms with E-state index in [1.807, 2.05) is 0 Å². The van der Waals surface area contributed by atoms with Crippen molar-refractivity contribution in [1.82, 2.24) is 9.88 Å². The fourth-order valence-corrected chi connectivity index (χ4v) is 2.97. The first-order valence-corrected chi connectivity index (χ1v) is 7.28. The zero-order valence-corrected chi connectivity index (χ0v) is 11.5. The number of hydrogen-bond donors (Lipinski definition) is 0. The van der Waals surface area contributed by atoms with Gasteiger partial charge < -0.3 is 4.90 Å². The van der Waals surface area contributed by atoms with Crippen LogP contribution in [0.3, 0.4) is 0 Å². The average Bonchev–Trinajstić information content (AvgIpc) is 2.81. The topological polar surface area (TPSA) is 16.1 Å². The minimum absolute atomic E-state index is 0.534. The third-order valence-electron chi connectivity index (χ3n) is 3.27. The summed E-state index contributed by atoms with van der Waals surface area (Å²) in [7, 11) is 2.21. The molecule has 2 atom stereocenters. The van der Waals surface area contributed by atoms with E-state index in [0.717, 1.165) is 30.5 Å². The van der Waals surface area contributed by atoms with Crippen LogP contribution in [0.2, 0.25) is 0 Å². The van der Waals surface area contributed by atoms with Gasteiger partial charge in [0.05, 0.1) is 16.6 Å². The maximum Gasteiger partial charge on any atom is 0.0941 e. The Labute approximate surface area is 107 Å². The third kappa shape index (κ3) is 3.44. The van der Waals surface area contributed by atoms with Crippen LogP contribution in [0.1, 0.15) is 24.0 Å². The van der Waals surface area contributed by atoms with Gasteiger partial charge in [-0.15, -0.1) is 22.9 Å². The lowest BCUT2D eigenvalue weighted by Gasteiger charge is -2.15. The molecule has 0 N–H and O–H groups in total.